The molecular weight excluding hydrogens is 202 g/mol. The molecule has 3 nitrogen and oxygen atoms in total. The molecule has 1 aliphatic rings. The van der Waals surface area contributed by atoms with Gasteiger partial charge in [-0.3, -0.25) is 9.59 Å². The van der Waals surface area contributed by atoms with Gasteiger partial charge >= 0.3 is 0 Å². The fourth-order valence-corrected chi connectivity index (χ4v) is 2.45. The third-order valence-corrected chi connectivity index (χ3v) is 3.54. The summed E-state index contributed by atoms with van der Waals surface area (Å²) in [6.45, 7) is 11.0. The van der Waals surface area contributed by atoms with E-state index in [-0.39, 0.29) is 16.7 Å². The Labute approximate surface area is 98.2 Å². The molecule has 1 heterocycles. The van der Waals surface area contributed by atoms with Crippen molar-refractivity contribution in [3.8, 4) is 0 Å². The second-order valence-electron chi connectivity index (χ2n) is 6.15. The Kier molecular flexibility index (Phi) is 3.46. The number of Topliss-reactive ketones (excluding diaryl/α,β-unsaturated/α-hetero) is 1. The molecule has 1 amide bonds. The van der Waals surface area contributed by atoms with Gasteiger partial charge in [-0.15, -0.1) is 0 Å². The van der Waals surface area contributed by atoms with Gasteiger partial charge in [-0.05, 0) is 12.8 Å². The molecule has 0 aromatic heterocycles. The minimum atomic E-state index is -0.285. The van der Waals surface area contributed by atoms with Gasteiger partial charge in [-0.25, -0.2) is 0 Å². The van der Waals surface area contributed by atoms with Crippen molar-refractivity contribution in [3.05, 3.63) is 0 Å². The number of hydrogen-bond acceptors (Lipinski definition) is 2. The van der Waals surface area contributed by atoms with Crippen molar-refractivity contribution in [1.29, 1.82) is 0 Å². The molecule has 0 radical (unpaired) electrons. The van der Waals surface area contributed by atoms with E-state index in [0.717, 1.165) is 12.8 Å². The Bertz CT molecular complexity index is 294. The van der Waals surface area contributed by atoms with Gasteiger partial charge < -0.3 is 4.90 Å². The van der Waals surface area contributed by atoms with E-state index < -0.39 is 0 Å². The monoisotopic (exact) mass is 225 g/mol. The SMILES string of the molecule is CC(=O)N1CCC(C)(C(=O)C(C)(C)C)CC1. The van der Waals surface area contributed by atoms with E-state index in [9.17, 15) is 9.59 Å². The summed E-state index contributed by atoms with van der Waals surface area (Å²) < 4.78 is 0. The van der Waals surface area contributed by atoms with Crippen molar-refractivity contribution in [2.45, 2.75) is 47.5 Å². The quantitative estimate of drug-likeness (QED) is 0.686. The van der Waals surface area contributed by atoms with Crippen LogP contribution in [0.5, 0.6) is 0 Å². The van der Waals surface area contributed by atoms with E-state index in [1.54, 1.807) is 6.92 Å². The van der Waals surface area contributed by atoms with Crippen molar-refractivity contribution in [1.82, 2.24) is 4.90 Å². The third kappa shape index (κ3) is 2.63. The lowest BCUT2D eigenvalue weighted by molar-refractivity contribution is -0.142. The van der Waals surface area contributed by atoms with E-state index >= 15 is 0 Å². The van der Waals surface area contributed by atoms with Gasteiger partial charge in [-0.2, -0.15) is 0 Å². The van der Waals surface area contributed by atoms with Crippen molar-refractivity contribution in [2.24, 2.45) is 10.8 Å². The van der Waals surface area contributed by atoms with Crippen LogP contribution in [-0.2, 0) is 9.59 Å². The fraction of sp³-hybridized carbons (Fsp3) is 0.846. The molecule has 0 aromatic rings. The largest absolute Gasteiger partial charge is 0.343 e. The Balaban J connectivity index is 2.70. The maximum atomic E-state index is 12.3. The third-order valence-electron chi connectivity index (χ3n) is 3.54. The van der Waals surface area contributed by atoms with Crippen LogP contribution in [0.15, 0.2) is 0 Å². The van der Waals surface area contributed by atoms with Crippen LogP contribution in [-0.4, -0.2) is 29.7 Å². The predicted molar refractivity (Wildman–Crippen MR) is 64.1 cm³/mol. The summed E-state index contributed by atoms with van der Waals surface area (Å²) in [5.74, 6) is 0.438. The molecule has 1 rings (SSSR count). The molecule has 0 N–H and O–H groups in total. The molecule has 1 saturated heterocycles. The average molecular weight is 225 g/mol. The fourth-order valence-electron chi connectivity index (χ4n) is 2.45. The van der Waals surface area contributed by atoms with Gasteiger partial charge in [-0.1, -0.05) is 27.7 Å². The maximum absolute atomic E-state index is 12.3. The minimum absolute atomic E-state index is 0.116. The number of likely N-dealkylation sites (tertiary alicyclic amines) is 1. The highest BCUT2D eigenvalue weighted by Gasteiger charge is 2.42. The number of piperidine rings is 1. The molecule has 0 aromatic carbocycles. The molecule has 0 bridgehead atoms. The van der Waals surface area contributed by atoms with Crippen LogP contribution in [0.3, 0.4) is 0 Å². The molecule has 0 saturated carbocycles. The molecule has 0 unspecified atom stereocenters. The number of ketones is 1. The highest BCUT2D eigenvalue weighted by atomic mass is 16.2. The number of carbonyl (C=O) groups is 2. The van der Waals surface area contributed by atoms with Crippen LogP contribution < -0.4 is 0 Å². The zero-order valence-corrected chi connectivity index (χ0v) is 11.1. The van der Waals surface area contributed by atoms with Crippen LogP contribution in [0, 0.1) is 10.8 Å². The second kappa shape index (κ2) is 4.19. The summed E-state index contributed by atoms with van der Waals surface area (Å²) in [5, 5.41) is 0. The summed E-state index contributed by atoms with van der Waals surface area (Å²) >= 11 is 0. The molecule has 0 spiro atoms. The van der Waals surface area contributed by atoms with E-state index in [2.05, 4.69) is 0 Å². The Morgan fingerprint density at radius 2 is 1.56 bits per heavy atom. The summed E-state index contributed by atoms with van der Waals surface area (Å²) in [6, 6.07) is 0. The van der Waals surface area contributed by atoms with Crippen molar-refractivity contribution < 1.29 is 9.59 Å². The lowest BCUT2D eigenvalue weighted by Crippen LogP contribution is -2.47. The molecule has 0 atom stereocenters. The second-order valence-corrected chi connectivity index (χ2v) is 6.15. The van der Waals surface area contributed by atoms with Gasteiger partial charge in [0.15, 0.2) is 0 Å². The summed E-state index contributed by atoms with van der Waals surface area (Å²) in [6.07, 6.45) is 1.59. The number of hydrogen-bond donors (Lipinski definition) is 0. The maximum Gasteiger partial charge on any atom is 0.219 e. The predicted octanol–water partition coefficient (Wildman–Crippen LogP) is 2.25. The van der Waals surface area contributed by atoms with Crippen molar-refractivity contribution in [3.63, 3.8) is 0 Å². The summed E-state index contributed by atoms with van der Waals surface area (Å²) in [4.78, 5) is 25.4. The van der Waals surface area contributed by atoms with Crippen molar-refractivity contribution in [2.75, 3.05) is 13.1 Å². The Hall–Kier alpha value is -0.860. The number of carbonyl (C=O) groups excluding carboxylic acids is 2. The standard InChI is InChI=1S/C13H23NO2/c1-10(15)14-8-6-13(5,7-9-14)11(16)12(2,3)4/h6-9H2,1-5H3. The molecule has 92 valence electrons. The highest BCUT2D eigenvalue weighted by Crippen LogP contribution is 2.38. The van der Waals surface area contributed by atoms with Gasteiger partial charge in [0.25, 0.3) is 0 Å². The first-order valence-electron chi connectivity index (χ1n) is 5.97. The first-order valence-corrected chi connectivity index (χ1v) is 5.97. The zero-order valence-electron chi connectivity index (χ0n) is 11.1. The van der Waals surface area contributed by atoms with Crippen LogP contribution in [0.2, 0.25) is 0 Å². The first kappa shape index (κ1) is 13.2. The lowest BCUT2D eigenvalue weighted by Gasteiger charge is -2.41. The van der Waals surface area contributed by atoms with Gasteiger partial charge in [0, 0.05) is 30.8 Å². The van der Waals surface area contributed by atoms with Crippen molar-refractivity contribution >= 4 is 11.7 Å². The Morgan fingerprint density at radius 1 is 1.12 bits per heavy atom. The molecule has 1 fully saturated rings. The normalized spacial score (nSPS) is 20.7. The van der Waals surface area contributed by atoms with Crippen LogP contribution in [0.1, 0.15) is 47.5 Å². The van der Waals surface area contributed by atoms with E-state index in [1.807, 2.05) is 32.6 Å². The minimum Gasteiger partial charge on any atom is -0.343 e. The highest BCUT2D eigenvalue weighted by molar-refractivity contribution is 5.89. The topological polar surface area (TPSA) is 37.4 Å². The van der Waals surface area contributed by atoms with E-state index in [4.69, 9.17) is 0 Å². The molecular formula is C13H23NO2. The van der Waals surface area contributed by atoms with Gasteiger partial charge in [0.1, 0.15) is 5.78 Å². The number of rotatable bonds is 1. The van der Waals surface area contributed by atoms with Crippen LogP contribution in [0.4, 0.5) is 0 Å². The lowest BCUT2D eigenvalue weighted by atomic mass is 9.68. The molecule has 16 heavy (non-hydrogen) atoms. The van der Waals surface area contributed by atoms with Crippen LogP contribution in [0.25, 0.3) is 0 Å². The smallest absolute Gasteiger partial charge is 0.219 e. The molecule has 3 heteroatoms. The van der Waals surface area contributed by atoms with Gasteiger partial charge in [0.2, 0.25) is 5.91 Å². The van der Waals surface area contributed by atoms with Crippen LogP contribution >= 0.6 is 0 Å². The Morgan fingerprint density at radius 3 is 1.88 bits per heavy atom. The first-order chi connectivity index (χ1) is 7.17. The molecule has 0 aliphatic carbocycles. The number of nitrogens with zero attached hydrogens (tertiary/aromatic N) is 1. The van der Waals surface area contributed by atoms with E-state index in [1.165, 1.54) is 0 Å². The number of amides is 1. The summed E-state index contributed by atoms with van der Waals surface area (Å²) in [5.41, 5.74) is -0.530. The molecule has 1 aliphatic heterocycles. The van der Waals surface area contributed by atoms with Gasteiger partial charge in [0.05, 0.1) is 0 Å². The van der Waals surface area contributed by atoms with E-state index in [0.29, 0.717) is 18.9 Å². The average Bonchev–Trinajstić information content (AvgIpc) is 2.16. The summed E-state index contributed by atoms with van der Waals surface area (Å²) in [7, 11) is 0. The zero-order chi connectivity index (χ0) is 12.6.